The molecule has 1 atom stereocenters. The molecule has 0 saturated heterocycles. The summed E-state index contributed by atoms with van der Waals surface area (Å²) in [5.41, 5.74) is 5.16. The van der Waals surface area contributed by atoms with Crippen LogP contribution in [0.4, 0.5) is 0 Å². The van der Waals surface area contributed by atoms with Crippen molar-refractivity contribution in [2.45, 2.75) is 18.9 Å². The summed E-state index contributed by atoms with van der Waals surface area (Å²) in [4.78, 5) is 4.19. The topological polar surface area (TPSA) is 60.2 Å². The lowest BCUT2D eigenvalue weighted by molar-refractivity contribution is 0.397. The van der Waals surface area contributed by atoms with Crippen molar-refractivity contribution in [3.8, 4) is 5.88 Å². The summed E-state index contributed by atoms with van der Waals surface area (Å²) >= 11 is 5.88. The molecule has 0 amide bonds. The van der Waals surface area contributed by atoms with Crippen molar-refractivity contribution in [1.29, 1.82) is 0 Å². The maximum absolute atomic E-state index is 5.88. The van der Waals surface area contributed by atoms with E-state index in [1.165, 1.54) is 5.56 Å². The van der Waals surface area contributed by atoms with Gasteiger partial charge in [-0.25, -0.2) is 4.98 Å². The summed E-state index contributed by atoms with van der Waals surface area (Å²) in [6, 6.07) is 11.8. The molecule has 5 heteroatoms. The van der Waals surface area contributed by atoms with E-state index < -0.39 is 0 Å². The molecule has 0 saturated carbocycles. The fourth-order valence-corrected chi connectivity index (χ4v) is 2.16. The summed E-state index contributed by atoms with van der Waals surface area (Å²) in [6.07, 6.45) is 3.45. The molecule has 4 nitrogen and oxygen atoms in total. The number of ether oxygens (including phenoxy) is 1. The van der Waals surface area contributed by atoms with Crippen LogP contribution in [0.5, 0.6) is 5.88 Å². The highest BCUT2D eigenvalue weighted by molar-refractivity contribution is 6.30. The number of nitrogens with zero attached hydrogens (tertiary/aromatic N) is 1. The van der Waals surface area contributed by atoms with Gasteiger partial charge in [0.15, 0.2) is 0 Å². The maximum atomic E-state index is 5.88. The zero-order chi connectivity index (χ0) is 14.4. The zero-order valence-electron chi connectivity index (χ0n) is 11.3. The average Bonchev–Trinajstić information content (AvgIpc) is 2.49. The van der Waals surface area contributed by atoms with Crippen LogP contribution in [0.2, 0.25) is 5.02 Å². The van der Waals surface area contributed by atoms with Gasteiger partial charge in [0.2, 0.25) is 5.88 Å². The third-order valence-corrected chi connectivity index (χ3v) is 3.37. The number of rotatable bonds is 6. The Hall–Kier alpha value is -1.62. The molecule has 1 heterocycles. The molecular weight excluding hydrogens is 274 g/mol. The van der Waals surface area contributed by atoms with Crippen LogP contribution >= 0.6 is 11.6 Å². The lowest BCUT2D eigenvalue weighted by Gasteiger charge is -2.16. The minimum absolute atomic E-state index is 0.145. The second-order valence-electron chi connectivity index (χ2n) is 4.61. The number of methoxy groups -OCH3 is 1. The number of hydrogen-bond donors (Lipinski definition) is 2. The standard InChI is InChI=1S/C15H18ClN3O/c1-20-15-7-4-12(10-18-15)9-14(19-17)8-11-2-5-13(16)6-3-11/h2-7,10,14,19H,8-9,17H2,1H3. The first kappa shape index (κ1) is 14.8. The van der Waals surface area contributed by atoms with Crippen molar-refractivity contribution >= 4 is 11.6 Å². The molecule has 2 rings (SSSR count). The van der Waals surface area contributed by atoms with Gasteiger partial charge in [0, 0.05) is 23.3 Å². The zero-order valence-corrected chi connectivity index (χ0v) is 12.1. The summed E-state index contributed by atoms with van der Waals surface area (Å²) in [5.74, 6) is 6.25. The Labute approximate surface area is 123 Å². The predicted molar refractivity (Wildman–Crippen MR) is 80.8 cm³/mol. The van der Waals surface area contributed by atoms with Crippen molar-refractivity contribution in [2.75, 3.05) is 7.11 Å². The van der Waals surface area contributed by atoms with Gasteiger partial charge >= 0.3 is 0 Å². The molecule has 0 aliphatic rings. The number of hydrogen-bond acceptors (Lipinski definition) is 4. The van der Waals surface area contributed by atoms with E-state index in [1.807, 2.05) is 42.6 Å². The quantitative estimate of drug-likeness (QED) is 0.634. The van der Waals surface area contributed by atoms with Gasteiger partial charge in [-0.05, 0) is 36.1 Å². The summed E-state index contributed by atoms with van der Waals surface area (Å²) < 4.78 is 5.04. The second kappa shape index (κ2) is 7.24. The van der Waals surface area contributed by atoms with Crippen LogP contribution < -0.4 is 16.0 Å². The molecule has 2 aromatic rings. The van der Waals surface area contributed by atoms with E-state index in [0.717, 1.165) is 23.4 Å². The first-order valence-electron chi connectivity index (χ1n) is 6.40. The highest BCUT2D eigenvalue weighted by Gasteiger charge is 2.09. The van der Waals surface area contributed by atoms with E-state index in [2.05, 4.69) is 10.4 Å². The maximum Gasteiger partial charge on any atom is 0.212 e. The van der Waals surface area contributed by atoms with Crippen LogP contribution in [0.3, 0.4) is 0 Å². The minimum atomic E-state index is 0.145. The van der Waals surface area contributed by atoms with E-state index in [0.29, 0.717) is 5.88 Å². The molecule has 0 fully saturated rings. The number of aromatic nitrogens is 1. The summed E-state index contributed by atoms with van der Waals surface area (Å²) in [7, 11) is 1.60. The van der Waals surface area contributed by atoms with Crippen LogP contribution in [0.25, 0.3) is 0 Å². The van der Waals surface area contributed by atoms with E-state index in [9.17, 15) is 0 Å². The van der Waals surface area contributed by atoms with Crippen LogP contribution in [-0.4, -0.2) is 18.1 Å². The van der Waals surface area contributed by atoms with E-state index in [-0.39, 0.29) is 6.04 Å². The molecular formula is C15H18ClN3O. The Bertz CT molecular complexity index is 528. The Morgan fingerprint density at radius 3 is 2.35 bits per heavy atom. The number of nitrogens with one attached hydrogen (secondary N) is 1. The first-order chi connectivity index (χ1) is 9.71. The molecule has 1 unspecified atom stereocenters. The molecule has 20 heavy (non-hydrogen) atoms. The SMILES string of the molecule is COc1ccc(CC(Cc2ccc(Cl)cc2)NN)cn1. The van der Waals surface area contributed by atoms with Gasteiger partial charge in [-0.3, -0.25) is 11.3 Å². The van der Waals surface area contributed by atoms with Crippen molar-refractivity contribution < 1.29 is 4.74 Å². The Balaban J connectivity index is 1.99. The first-order valence-corrected chi connectivity index (χ1v) is 6.78. The minimum Gasteiger partial charge on any atom is -0.481 e. The van der Waals surface area contributed by atoms with Crippen LogP contribution in [0, 0.1) is 0 Å². The lowest BCUT2D eigenvalue weighted by atomic mass is 10.0. The van der Waals surface area contributed by atoms with Gasteiger partial charge in [-0.1, -0.05) is 29.8 Å². The van der Waals surface area contributed by atoms with Crippen LogP contribution in [-0.2, 0) is 12.8 Å². The normalized spacial score (nSPS) is 12.2. The number of pyridine rings is 1. The lowest BCUT2D eigenvalue weighted by Crippen LogP contribution is -2.38. The number of hydrazine groups is 1. The third kappa shape index (κ3) is 4.20. The molecule has 0 bridgehead atoms. The Kier molecular flexibility index (Phi) is 5.35. The molecule has 0 spiro atoms. The number of nitrogens with two attached hydrogens (primary N) is 1. The third-order valence-electron chi connectivity index (χ3n) is 3.12. The highest BCUT2D eigenvalue weighted by atomic mass is 35.5. The molecule has 1 aromatic heterocycles. The average molecular weight is 292 g/mol. The van der Waals surface area contributed by atoms with Gasteiger partial charge in [0.05, 0.1) is 7.11 Å². The largest absolute Gasteiger partial charge is 0.481 e. The molecule has 1 aromatic carbocycles. The number of halogens is 1. The van der Waals surface area contributed by atoms with Gasteiger partial charge in [0.1, 0.15) is 0 Å². The van der Waals surface area contributed by atoms with Gasteiger partial charge in [0.25, 0.3) is 0 Å². The highest BCUT2D eigenvalue weighted by Crippen LogP contribution is 2.14. The van der Waals surface area contributed by atoms with Gasteiger partial charge in [-0.2, -0.15) is 0 Å². The fourth-order valence-electron chi connectivity index (χ4n) is 2.03. The monoisotopic (exact) mass is 291 g/mol. The summed E-state index contributed by atoms with van der Waals surface area (Å²) in [6.45, 7) is 0. The molecule has 0 radical (unpaired) electrons. The van der Waals surface area contributed by atoms with Crippen LogP contribution in [0.15, 0.2) is 42.6 Å². The molecule has 0 aliphatic carbocycles. The van der Waals surface area contributed by atoms with Gasteiger partial charge in [-0.15, -0.1) is 0 Å². The van der Waals surface area contributed by atoms with E-state index >= 15 is 0 Å². The smallest absolute Gasteiger partial charge is 0.212 e. The molecule has 3 N–H and O–H groups in total. The predicted octanol–water partition coefficient (Wildman–Crippen LogP) is 2.36. The van der Waals surface area contributed by atoms with E-state index in [1.54, 1.807) is 7.11 Å². The van der Waals surface area contributed by atoms with Crippen molar-refractivity contribution in [2.24, 2.45) is 5.84 Å². The van der Waals surface area contributed by atoms with Crippen LogP contribution in [0.1, 0.15) is 11.1 Å². The Morgan fingerprint density at radius 1 is 1.15 bits per heavy atom. The second-order valence-corrected chi connectivity index (χ2v) is 5.04. The van der Waals surface area contributed by atoms with Crippen molar-refractivity contribution in [3.05, 3.63) is 58.7 Å². The van der Waals surface area contributed by atoms with Crippen molar-refractivity contribution in [1.82, 2.24) is 10.4 Å². The number of benzene rings is 1. The molecule has 0 aliphatic heterocycles. The van der Waals surface area contributed by atoms with E-state index in [4.69, 9.17) is 22.2 Å². The van der Waals surface area contributed by atoms with Crippen molar-refractivity contribution in [3.63, 3.8) is 0 Å². The fraction of sp³-hybridized carbons (Fsp3) is 0.267. The molecule has 106 valence electrons. The summed E-state index contributed by atoms with van der Waals surface area (Å²) in [5, 5.41) is 0.741. The Morgan fingerprint density at radius 2 is 1.80 bits per heavy atom. The van der Waals surface area contributed by atoms with Gasteiger partial charge < -0.3 is 4.74 Å².